The minimum absolute atomic E-state index is 0. The van der Waals surface area contributed by atoms with Crippen molar-refractivity contribution in [3.63, 3.8) is 0 Å². The Morgan fingerprint density at radius 2 is 1.88 bits per heavy atom. The van der Waals surface area contributed by atoms with Crippen molar-refractivity contribution in [3.8, 4) is 11.5 Å². The summed E-state index contributed by atoms with van der Waals surface area (Å²) in [6.07, 6.45) is 0.736. The Labute approximate surface area is 168 Å². The summed E-state index contributed by atoms with van der Waals surface area (Å²) >= 11 is 8.12. The smallest absolute Gasteiger partial charge is 0.176 e. The first-order valence-corrected chi connectivity index (χ1v) is 9.43. The van der Waals surface area contributed by atoms with Crippen LogP contribution in [0, 0.1) is 0 Å². The standard InChI is InChI=1S/C19H22ClNO2S.BrH/c1-11(2)24-13-5-3-12(4-6-13)16-10-21-8-7-14-15(16)9-17(22)19(23)18(14)20;/h3-6,9,11,16,21-23H,7-8,10H2,1-2H3;1H. The van der Waals surface area contributed by atoms with Crippen molar-refractivity contribution >= 4 is 40.3 Å². The van der Waals surface area contributed by atoms with Gasteiger partial charge in [0.05, 0.1) is 5.02 Å². The maximum absolute atomic E-state index is 10.00. The molecule has 1 aliphatic heterocycles. The second-order valence-corrected chi connectivity index (χ2v) is 8.40. The summed E-state index contributed by atoms with van der Waals surface area (Å²) in [7, 11) is 0. The van der Waals surface area contributed by atoms with Gasteiger partial charge in [0.1, 0.15) is 0 Å². The molecule has 0 saturated carbocycles. The number of nitrogens with one attached hydrogen (secondary N) is 1. The van der Waals surface area contributed by atoms with E-state index < -0.39 is 0 Å². The average Bonchev–Trinajstić information content (AvgIpc) is 2.76. The second kappa shape index (κ2) is 8.67. The first-order chi connectivity index (χ1) is 11.5. The third-order valence-electron chi connectivity index (χ3n) is 4.29. The third-order valence-corrected chi connectivity index (χ3v) is 5.71. The van der Waals surface area contributed by atoms with Crippen LogP contribution in [0.15, 0.2) is 35.2 Å². The molecule has 136 valence electrons. The monoisotopic (exact) mass is 443 g/mol. The van der Waals surface area contributed by atoms with Crippen molar-refractivity contribution in [1.82, 2.24) is 5.32 Å². The van der Waals surface area contributed by atoms with E-state index in [-0.39, 0.29) is 39.4 Å². The van der Waals surface area contributed by atoms with Crippen LogP contribution in [-0.4, -0.2) is 28.6 Å². The van der Waals surface area contributed by atoms with E-state index in [0.29, 0.717) is 5.25 Å². The lowest BCUT2D eigenvalue weighted by atomic mass is 9.87. The lowest BCUT2D eigenvalue weighted by molar-refractivity contribution is 0.402. The van der Waals surface area contributed by atoms with Gasteiger partial charge in [-0.3, -0.25) is 0 Å². The van der Waals surface area contributed by atoms with Gasteiger partial charge in [0.15, 0.2) is 11.5 Å². The van der Waals surface area contributed by atoms with Crippen molar-refractivity contribution in [2.24, 2.45) is 0 Å². The molecule has 3 N–H and O–H groups in total. The topological polar surface area (TPSA) is 52.5 Å². The molecule has 0 aliphatic carbocycles. The van der Waals surface area contributed by atoms with Gasteiger partial charge in [0.2, 0.25) is 0 Å². The number of phenolic OH excluding ortho intramolecular Hbond substituents is 2. The molecule has 0 saturated heterocycles. The largest absolute Gasteiger partial charge is 0.504 e. The van der Waals surface area contributed by atoms with Crippen LogP contribution in [-0.2, 0) is 6.42 Å². The molecule has 1 atom stereocenters. The fraction of sp³-hybridized carbons (Fsp3) is 0.368. The van der Waals surface area contributed by atoms with E-state index in [4.69, 9.17) is 11.6 Å². The number of halogens is 2. The zero-order valence-electron chi connectivity index (χ0n) is 14.3. The highest BCUT2D eigenvalue weighted by Crippen LogP contribution is 2.42. The molecule has 25 heavy (non-hydrogen) atoms. The highest BCUT2D eigenvalue weighted by atomic mass is 79.9. The van der Waals surface area contributed by atoms with Crippen LogP contribution >= 0.6 is 40.3 Å². The van der Waals surface area contributed by atoms with Crippen molar-refractivity contribution in [3.05, 3.63) is 52.0 Å². The number of phenols is 2. The molecule has 1 unspecified atom stereocenters. The fourth-order valence-corrected chi connectivity index (χ4v) is 4.31. The summed E-state index contributed by atoms with van der Waals surface area (Å²) in [5.74, 6) is -0.276. The molecule has 1 heterocycles. The van der Waals surface area contributed by atoms with Crippen LogP contribution in [0.4, 0.5) is 0 Å². The molecule has 0 amide bonds. The van der Waals surface area contributed by atoms with Gasteiger partial charge in [-0.15, -0.1) is 28.7 Å². The molecule has 1 aliphatic rings. The van der Waals surface area contributed by atoms with Gasteiger partial charge in [-0.05, 0) is 47.9 Å². The zero-order valence-corrected chi connectivity index (χ0v) is 17.5. The lowest BCUT2D eigenvalue weighted by Gasteiger charge is -2.20. The zero-order chi connectivity index (χ0) is 17.3. The number of aromatic hydroxyl groups is 2. The van der Waals surface area contributed by atoms with Gasteiger partial charge in [0.25, 0.3) is 0 Å². The normalized spacial score (nSPS) is 16.9. The first-order valence-electron chi connectivity index (χ1n) is 8.18. The summed E-state index contributed by atoms with van der Waals surface area (Å²) in [4.78, 5) is 1.25. The van der Waals surface area contributed by atoms with E-state index in [2.05, 4.69) is 43.4 Å². The van der Waals surface area contributed by atoms with Gasteiger partial charge in [-0.1, -0.05) is 37.6 Å². The molecule has 3 nitrogen and oxygen atoms in total. The molecular formula is C19H23BrClNO2S. The van der Waals surface area contributed by atoms with E-state index in [1.807, 2.05) is 11.8 Å². The Morgan fingerprint density at radius 1 is 1.20 bits per heavy atom. The van der Waals surface area contributed by atoms with Crippen LogP contribution in [0.1, 0.15) is 36.5 Å². The van der Waals surface area contributed by atoms with Crippen molar-refractivity contribution in [1.29, 1.82) is 0 Å². The Morgan fingerprint density at radius 3 is 2.52 bits per heavy atom. The molecule has 0 spiro atoms. The molecular weight excluding hydrogens is 422 g/mol. The predicted molar refractivity (Wildman–Crippen MR) is 111 cm³/mol. The summed E-state index contributed by atoms with van der Waals surface area (Å²) < 4.78 is 0. The molecule has 2 aromatic rings. The number of hydrogen-bond acceptors (Lipinski definition) is 4. The quantitative estimate of drug-likeness (QED) is 0.455. The van der Waals surface area contributed by atoms with E-state index in [1.165, 1.54) is 10.5 Å². The van der Waals surface area contributed by atoms with Crippen molar-refractivity contribution in [2.75, 3.05) is 13.1 Å². The van der Waals surface area contributed by atoms with E-state index in [1.54, 1.807) is 6.07 Å². The summed E-state index contributed by atoms with van der Waals surface area (Å²) in [5, 5.41) is 24.2. The Hall–Kier alpha value is -0.880. The van der Waals surface area contributed by atoms with E-state index in [0.717, 1.165) is 30.6 Å². The SMILES string of the molecule is Br.CC(C)Sc1ccc(C2CNCCc3c2cc(O)c(O)c3Cl)cc1. The molecule has 0 bridgehead atoms. The van der Waals surface area contributed by atoms with Gasteiger partial charge in [-0.25, -0.2) is 0 Å². The van der Waals surface area contributed by atoms with Crippen LogP contribution in [0.5, 0.6) is 11.5 Å². The summed E-state index contributed by atoms with van der Waals surface area (Å²) in [5.41, 5.74) is 3.09. The maximum Gasteiger partial charge on any atom is 0.176 e. The Balaban J connectivity index is 0.00000225. The van der Waals surface area contributed by atoms with Gasteiger partial charge in [-0.2, -0.15) is 0 Å². The minimum atomic E-state index is -0.222. The number of thioether (sulfide) groups is 1. The predicted octanol–water partition coefficient (Wildman–Crippen LogP) is 5.11. The Kier molecular flexibility index (Phi) is 7.09. The molecule has 0 aromatic heterocycles. The van der Waals surface area contributed by atoms with Crippen LogP contribution in [0.3, 0.4) is 0 Å². The second-order valence-electron chi connectivity index (χ2n) is 6.37. The van der Waals surface area contributed by atoms with Gasteiger partial charge >= 0.3 is 0 Å². The molecule has 0 radical (unpaired) electrons. The molecule has 3 rings (SSSR count). The fourth-order valence-electron chi connectivity index (χ4n) is 3.17. The highest BCUT2D eigenvalue weighted by Gasteiger charge is 2.25. The number of hydrogen-bond donors (Lipinski definition) is 3. The summed E-state index contributed by atoms with van der Waals surface area (Å²) in [6.45, 7) is 5.95. The van der Waals surface area contributed by atoms with Crippen LogP contribution < -0.4 is 5.32 Å². The van der Waals surface area contributed by atoms with E-state index in [9.17, 15) is 10.2 Å². The van der Waals surface area contributed by atoms with Gasteiger partial charge in [0, 0.05) is 22.6 Å². The average molecular weight is 445 g/mol. The molecule has 2 aromatic carbocycles. The number of fused-ring (bicyclic) bond motifs is 1. The third kappa shape index (κ3) is 4.45. The van der Waals surface area contributed by atoms with Crippen LogP contribution in [0.2, 0.25) is 5.02 Å². The number of benzene rings is 2. The van der Waals surface area contributed by atoms with Gasteiger partial charge < -0.3 is 15.5 Å². The minimum Gasteiger partial charge on any atom is -0.504 e. The molecule has 0 fully saturated rings. The Bertz CT molecular complexity index is 737. The van der Waals surface area contributed by atoms with Crippen LogP contribution in [0.25, 0.3) is 0 Å². The highest BCUT2D eigenvalue weighted by molar-refractivity contribution is 8.93. The maximum atomic E-state index is 10.00. The summed E-state index contributed by atoms with van der Waals surface area (Å²) in [6, 6.07) is 10.2. The lowest BCUT2D eigenvalue weighted by Crippen LogP contribution is -2.20. The van der Waals surface area contributed by atoms with Crippen molar-refractivity contribution in [2.45, 2.75) is 36.3 Å². The van der Waals surface area contributed by atoms with E-state index >= 15 is 0 Å². The molecule has 6 heteroatoms. The first kappa shape index (κ1) is 20.4. The van der Waals surface area contributed by atoms with Crippen molar-refractivity contribution < 1.29 is 10.2 Å². The number of rotatable bonds is 3.